The second-order valence-corrected chi connectivity index (χ2v) is 8.47. The van der Waals surface area contributed by atoms with Crippen molar-refractivity contribution in [1.29, 1.82) is 0 Å². The van der Waals surface area contributed by atoms with Crippen LogP contribution in [0.25, 0.3) is 0 Å². The van der Waals surface area contributed by atoms with Gasteiger partial charge in [-0.15, -0.1) is 0 Å². The summed E-state index contributed by atoms with van der Waals surface area (Å²) in [5.41, 5.74) is 0. The number of benzene rings is 1. The minimum Gasteiger partial charge on any atom is -0.484 e. The van der Waals surface area contributed by atoms with Gasteiger partial charge in [-0.05, 0) is 49.8 Å². The summed E-state index contributed by atoms with van der Waals surface area (Å²) >= 11 is 0. The van der Waals surface area contributed by atoms with Crippen molar-refractivity contribution in [2.45, 2.75) is 43.5 Å². The van der Waals surface area contributed by atoms with Crippen LogP contribution < -0.4 is 4.74 Å². The van der Waals surface area contributed by atoms with Crippen LogP contribution in [0.5, 0.6) is 5.75 Å². The van der Waals surface area contributed by atoms with Gasteiger partial charge in [0.15, 0.2) is 16.4 Å². The topological polar surface area (TPSA) is 63.7 Å². The first-order valence-corrected chi connectivity index (χ1v) is 9.85. The highest BCUT2D eigenvalue weighted by molar-refractivity contribution is 7.90. The largest absolute Gasteiger partial charge is 0.484 e. The van der Waals surface area contributed by atoms with E-state index in [1.165, 1.54) is 12.1 Å². The quantitative estimate of drug-likeness (QED) is 0.827. The van der Waals surface area contributed by atoms with Gasteiger partial charge in [-0.2, -0.15) is 0 Å². The van der Waals surface area contributed by atoms with Crippen LogP contribution in [0.1, 0.15) is 32.6 Å². The second kappa shape index (κ2) is 7.34. The maximum atomic E-state index is 12.3. The zero-order valence-electron chi connectivity index (χ0n) is 14.0. The molecule has 0 saturated heterocycles. The Bertz CT molecular complexity index is 648. The molecule has 2 rings (SSSR count). The summed E-state index contributed by atoms with van der Waals surface area (Å²) in [7, 11) is -1.46. The van der Waals surface area contributed by atoms with Crippen molar-refractivity contribution >= 4 is 15.7 Å². The number of nitrogens with zero attached hydrogens (tertiary/aromatic N) is 1. The first-order chi connectivity index (χ1) is 10.8. The molecule has 5 nitrogen and oxygen atoms in total. The van der Waals surface area contributed by atoms with Crippen molar-refractivity contribution in [3.05, 3.63) is 24.3 Å². The average molecular weight is 339 g/mol. The van der Waals surface area contributed by atoms with E-state index in [-0.39, 0.29) is 23.5 Å². The zero-order valence-corrected chi connectivity index (χ0v) is 14.8. The summed E-state index contributed by atoms with van der Waals surface area (Å²) in [6, 6.07) is 6.52. The molecule has 1 aliphatic carbocycles. The third-order valence-corrected chi connectivity index (χ3v) is 5.63. The van der Waals surface area contributed by atoms with E-state index in [1.807, 2.05) is 7.05 Å². The Morgan fingerprint density at radius 1 is 1.26 bits per heavy atom. The molecule has 0 heterocycles. The van der Waals surface area contributed by atoms with E-state index >= 15 is 0 Å². The first-order valence-electron chi connectivity index (χ1n) is 7.96. The molecule has 0 atom stereocenters. The molecule has 128 valence electrons. The fourth-order valence-corrected chi connectivity index (χ4v) is 3.53. The molecule has 0 bridgehead atoms. The van der Waals surface area contributed by atoms with E-state index in [2.05, 4.69) is 6.92 Å². The monoisotopic (exact) mass is 339 g/mol. The van der Waals surface area contributed by atoms with Gasteiger partial charge in [-0.3, -0.25) is 4.79 Å². The lowest BCUT2D eigenvalue weighted by Gasteiger charge is -2.33. The molecule has 1 aromatic carbocycles. The molecule has 1 saturated carbocycles. The highest BCUT2D eigenvalue weighted by atomic mass is 32.2. The van der Waals surface area contributed by atoms with Crippen molar-refractivity contribution in [1.82, 2.24) is 4.90 Å². The summed E-state index contributed by atoms with van der Waals surface area (Å²) in [6.45, 7) is 2.17. The lowest BCUT2D eigenvalue weighted by atomic mass is 9.87. The Hall–Kier alpha value is -1.56. The Morgan fingerprint density at radius 2 is 1.91 bits per heavy atom. The summed E-state index contributed by atoms with van der Waals surface area (Å²) in [6.07, 6.45) is 5.52. The maximum Gasteiger partial charge on any atom is 0.260 e. The van der Waals surface area contributed by atoms with Crippen molar-refractivity contribution < 1.29 is 17.9 Å². The number of amides is 1. The second-order valence-electron chi connectivity index (χ2n) is 6.45. The molecule has 0 radical (unpaired) electrons. The fourth-order valence-electron chi connectivity index (χ4n) is 2.87. The van der Waals surface area contributed by atoms with E-state index in [0.717, 1.165) is 37.9 Å². The molecule has 0 aromatic heterocycles. The Balaban J connectivity index is 1.91. The van der Waals surface area contributed by atoms with Gasteiger partial charge in [0.1, 0.15) is 5.75 Å². The molecule has 0 aliphatic heterocycles. The normalized spacial score (nSPS) is 21.7. The van der Waals surface area contributed by atoms with E-state index in [9.17, 15) is 13.2 Å². The molecule has 0 spiro atoms. The van der Waals surface area contributed by atoms with Gasteiger partial charge < -0.3 is 9.64 Å². The number of carbonyl (C=O) groups is 1. The van der Waals surface area contributed by atoms with Crippen LogP contribution in [0.4, 0.5) is 0 Å². The van der Waals surface area contributed by atoms with Crippen molar-refractivity contribution in [2.24, 2.45) is 5.92 Å². The molecule has 0 unspecified atom stereocenters. The number of carbonyl (C=O) groups excluding carboxylic acids is 1. The van der Waals surface area contributed by atoms with Gasteiger partial charge in [-0.25, -0.2) is 8.42 Å². The maximum absolute atomic E-state index is 12.3. The van der Waals surface area contributed by atoms with Crippen molar-refractivity contribution in [2.75, 3.05) is 19.9 Å². The van der Waals surface area contributed by atoms with E-state index < -0.39 is 9.84 Å². The first kappa shape index (κ1) is 17.8. The van der Waals surface area contributed by atoms with Gasteiger partial charge in [0.2, 0.25) is 0 Å². The van der Waals surface area contributed by atoms with Crippen LogP contribution in [0.2, 0.25) is 0 Å². The number of rotatable bonds is 5. The molecule has 6 heteroatoms. The molecular weight excluding hydrogens is 314 g/mol. The minimum atomic E-state index is -3.28. The van der Waals surface area contributed by atoms with E-state index in [1.54, 1.807) is 17.0 Å². The standard InChI is InChI=1S/C17H25NO4S/c1-13-7-9-14(10-8-13)18(2)17(19)12-22-15-5-4-6-16(11-15)23(3,20)21/h4-6,11,13-14H,7-10,12H2,1-3H3. The van der Waals surface area contributed by atoms with Gasteiger partial charge in [-0.1, -0.05) is 13.0 Å². The highest BCUT2D eigenvalue weighted by Crippen LogP contribution is 2.26. The summed E-state index contributed by atoms with van der Waals surface area (Å²) in [5.74, 6) is 1.06. The van der Waals surface area contributed by atoms with Crippen LogP contribution in [-0.2, 0) is 14.6 Å². The third kappa shape index (κ3) is 4.96. The van der Waals surface area contributed by atoms with Crippen LogP contribution >= 0.6 is 0 Å². The third-order valence-electron chi connectivity index (χ3n) is 4.52. The number of hydrogen-bond donors (Lipinski definition) is 0. The molecule has 1 amide bonds. The fraction of sp³-hybridized carbons (Fsp3) is 0.588. The van der Waals surface area contributed by atoms with Crippen LogP contribution in [0, 0.1) is 5.92 Å². The number of likely N-dealkylation sites (N-methyl/N-ethyl adjacent to an activating group) is 1. The number of ether oxygens (including phenoxy) is 1. The Morgan fingerprint density at radius 3 is 2.52 bits per heavy atom. The van der Waals surface area contributed by atoms with E-state index in [0.29, 0.717) is 5.75 Å². The predicted octanol–water partition coefficient (Wildman–Crippen LogP) is 2.51. The molecule has 1 aromatic rings. The van der Waals surface area contributed by atoms with Crippen molar-refractivity contribution in [3.63, 3.8) is 0 Å². The van der Waals surface area contributed by atoms with Gasteiger partial charge in [0, 0.05) is 19.3 Å². The van der Waals surface area contributed by atoms with Crippen molar-refractivity contribution in [3.8, 4) is 5.75 Å². The molecule has 1 fully saturated rings. The van der Waals surface area contributed by atoms with Gasteiger partial charge in [0.25, 0.3) is 5.91 Å². The lowest BCUT2D eigenvalue weighted by Crippen LogP contribution is -2.41. The Labute approximate surface area is 138 Å². The van der Waals surface area contributed by atoms with Crippen LogP contribution in [-0.4, -0.2) is 45.2 Å². The molecular formula is C17H25NO4S. The predicted molar refractivity (Wildman–Crippen MR) is 89.2 cm³/mol. The smallest absolute Gasteiger partial charge is 0.260 e. The average Bonchev–Trinajstić information content (AvgIpc) is 2.52. The molecule has 0 N–H and O–H groups in total. The number of sulfone groups is 1. The van der Waals surface area contributed by atoms with Gasteiger partial charge in [0.05, 0.1) is 4.90 Å². The number of hydrogen-bond acceptors (Lipinski definition) is 4. The molecule has 23 heavy (non-hydrogen) atoms. The van der Waals surface area contributed by atoms with Gasteiger partial charge >= 0.3 is 0 Å². The zero-order chi connectivity index (χ0) is 17.0. The lowest BCUT2D eigenvalue weighted by molar-refractivity contribution is -0.134. The van der Waals surface area contributed by atoms with Crippen LogP contribution in [0.15, 0.2) is 29.2 Å². The SMILES string of the molecule is CC1CCC(N(C)C(=O)COc2cccc(S(C)(=O)=O)c2)CC1. The van der Waals surface area contributed by atoms with Crippen LogP contribution in [0.3, 0.4) is 0 Å². The Kier molecular flexibility index (Phi) is 5.68. The minimum absolute atomic E-state index is 0.0736. The highest BCUT2D eigenvalue weighted by Gasteiger charge is 2.24. The summed E-state index contributed by atoms with van der Waals surface area (Å²) in [5, 5.41) is 0. The summed E-state index contributed by atoms with van der Waals surface area (Å²) < 4.78 is 28.5. The summed E-state index contributed by atoms with van der Waals surface area (Å²) in [4.78, 5) is 14.2. The van der Waals surface area contributed by atoms with E-state index in [4.69, 9.17) is 4.74 Å². The molecule has 1 aliphatic rings.